The van der Waals surface area contributed by atoms with Gasteiger partial charge >= 0.3 is 0 Å². The summed E-state index contributed by atoms with van der Waals surface area (Å²) in [5, 5.41) is 3.00. The van der Waals surface area contributed by atoms with Crippen LogP contribution in [0.3, 0.4) is 0 Å². The zero-order valence-corrected chi connectivity index (χ0v) is 14.5. The molecule has 1 N–H and O–H groups in total. The van der Waals surface area contributed by atoms with Crippen LogP contribution in [0.15, 0.2) is 24.3 Å². The molecule has 6 heteroatoms. The second-order valence-electron chi connectivity index (χ2n) is 7.37. The highest BCUT2D eigenvalue weighted by molar-refractivity contribution is 5.97. The maximum atomic E-state index is 12.5. The Morgan fingerprint density at radius 2 is 1.96 bits per heavy atom. The molecule has 1 spiro atoms. The van der Waals surface area contributed by atoms with Gasteiger partial charge in [0.05, 0.1) is 18.7 Å². The third-order valence-electron chi connectivity index (χ3n) is 5.47. The lowest BCUT2D eigenvalue weighted by atomic mass is 9.92. The van der Waals surface area contributed by atoms with Crippen molar-refractivity contribution in [2.45, 2.75) is 31.3 Å². The van der Waals surface area contributed by atoms with Crippen molar-refractivity contribution >= 4 is 11.8 Å². The lowest BCUT2D eigenvalue weighted by Gasteiger charge is -2.42. The molecule has 4 rings (SSSR count). The number of ether oxygens (including phenoxy) is 1. The zero-order chi connectivity index (χ0) is 17.3. The van der Waals surface area contributed by atoms with E-state index in [1.54, 1.807) is 6.07 Å². The molecule has 2 amide bonds. The number of hydrogen-bond donors (Lipinski definition) is 1. The van der Waals surface area contributed by atoms with Gasteiger partial charge in [-0.15, -0.1) is 0 Å². The van der Waals surface area contributed by atoms with Crippen LogP contribution in [0, 0.1) is 0 Å². The number of fused-ring (bicyclic) bond motifs is 1. The van der Waals surface area contributed by atoms with Gasteiger partial charge in [0.25, 0.3) is 5.91 Å². The number of rotatable bonds is 2. The van der Waals surface area contributed by atoms with E-state index in [9.17, 15) is 9.59 Å². The van der Waals surface area contributed by atoms with Crippen LogP contribution < -0.4 is 10.1 Å². The molecule has 0 unspecified atom stereocenters. The topological polar surface area (TPSA) is 61.9 Å². The Bertz CT molecular complexity index is 672. The molecule has 1 atom stereocenters. The van der Waals surface area contributed by atoms with Crippen LogP contribution in [0.4, 0.5) is 0 Å². The molecule has 0 aromatic heterocycles. The van der Waals surface area contributed by atoms with E-state index in [0.717, 1.165) is 45.3 Å². The fourth-order valence-electron chi connectivity index (χ4n) is 4.16. The van der Waals surface area contributed by atoms with Gasteiger partial charge in [0.2, 0.25) is 5.91 Å². The highest BCUT2D eigenvalue weighted by Gasteiger charge is 2.41. The number of carbonyl (C=O) groups excluding carboxylic acids is 2. The molecule has 1 aromatic carbocycles. The van der Waals surface area contributed by atoms with Gasteiger partial charge in [0, 0.05) is 19.6 Å². The standard InChI is InChI=1S/C19H25N3O3/c23-17(22-10-3-4-11-22)12-21-9-5-8-19(14-21)13-20-18(24)15-6-1-2-7-16(15)25-19/h1-2,6-7H,3-5,8-14H2,(H,20,24)/t19-/m0/s1. The fraction of sp³-hybridized carbons (Fsp3) is 0.579. The molecule has 2 saturated heterocycles. The number of piperidine rings is 1. The second kappa shape index (κ2) is 6.67. The first-order valence-electron chi connectivity index (χ1n) is 9.22. The molecule has 3 heterocycles. The van der Waals surface area contributed by atoms with Crippen molar-refractivity contribution in [2.75, 3.05) is 39.3 Å². The van der Waals surface area contributed by atoms with E-state index in [1.807, 2.05) is 23.1 Å². The van der Waals surface area contributed by atoms with Gasteiger partial charge in [0.1, 0.15) is 11.4 Å². The van der Waals surface area contributed by atoms with Crippen molar-refractivity contribution < 1.29 is 14.3 Å². The molecule has 0 radical (unpaired) electrons. The molecule has 25 heavy (non-hydrogen) atoms. The summed E-state index contributed by atoms with van der Waals surface area (Å²) < 4.78 is 6.34. The van der Waals surface area contributed by atoms with E-state index in [-0.39, 0.29) is 11.8 Å². The second-order valence-corrected chi connectivity index (χ2v) is 7.37. The minimum atomic E-state index is -0.453. The summed E-state index contributed by atoms with van der Waals surface area (Å²) in [6, 6.07) is 7.39. The third kappa shape index (κ3) is 3.35. The Morgan fingerprint density at radius 1 is 1.16 bits per heavy atom. The van der Waals surface area contributed by atoms with Crippen molar-refractivity contribution in [1.29, 1.82) is 0 Å². The number of amides is 2. The Hall–Kier alpha value is -2.08. The minimum Gasteiger partial charge on any atom is -0.483 e. The number of benzene rings is 1. The number of nitrogens with one attached hydrogen (secondary N) is 1. The third-order valence-corrected chi connectivity index (χ3v) is 5.47. The highest BCUT2D eigenvalue weighted by atomic mass is 16.5. The highest BCUT2D eigenvalue weighted by Crippen LogP contribution is 2.32. The van der Waals surface area contributed by atoms with E-state index in [0.29, 0.717) is 30.9 Å². The Balaban J connectivity index is 1.48. The molecule has 134 valence electrons. The van der Waals surface area contributed by atoms with E-state index >= 15 is 0 Å². The van der Waals surface area contributed by atoms with Gasteiger partial charge in [-0.1, -0.05) is 12.1 Å². The summed E-state index contributed by atoms with van der Waals surface area (Å²) in [6.07, 6.45) is 4.07. The Morgan fingerprint density at radius 3 is 2.80 bits per heavy atom. The van der Waals surface area contributed by atoms with E-state index in [2.05, 4.69) is 10.2 Å². The van der Waals surface area contributed by atoms with Crippen molar-refractivity contribution in [3.8, 4) is 5.75 Å². The lowest BCUT2D eigenvalue weighted by molar-refractivity contribution is -0.132. The molecule has 0 aliphatic carbocycles. The predicted octanol–water partition coefficient (Wildman–Crippen LogP) is 1.27. The largest absolute Gasteiger partial charge is 0.483 e. The maximum Gasteiger partial charge on any atom is 0.255 e. The van der Waals surface area contributed by atoms with Crippen LogP contribution in [-0.4, -0.2) is 66.5 Å². The number of likely N-dealkylation sites (tertiary alicyclic amines) is 2. The molecule has 3 aliphatic heterocycles. The van der Waals surface area contributed by atoms with Gasteiger partial charge in [-0.25, -0.2) is 0 Å². The van der Waals surface area contributed by atoms with Crippen LogP contribution in [0.5, 0.6) is 5.75 Å². The summed E-state index contributed by atoms with van der Waals surface area (Å²) in [7, 11) is 0. The molecule has 2 fully saturated rings. The summed E-state index contributed by atoms with van der Waals surface area (Å²) in [5.74, 6) is 0.774. The van der Waals surface area contributed by atoms with Gasteiger partial charge < -0.3 is 15.0 Å². The summed E-state index contributed by atoms with van der Waals surface area (Å²) in [6.45, 7) is 4.27. The monoisotopic (exact) mass is 343 g/mol. The first-order valence-corrected chi connectivity index (χ1v) is 9.22. The van der Waals surface area contributed by atoms with Gasteiger partial charge in [-0.3, -0.25) is 14.5 Å². The molecule has 0 bridgehead atoms. The van der Waals surface area contributed by atoms with E-state index < -0.39 is 5.60 Å². The van der Waals surface area contributed by atoms with Crippen molar-refractivity contribution in [1.82, 2.24) is 15.1 Å². The Labute approximate surface area is 148 Å². The average molecular weight is 343 g/mol. The van der Waals surface area contributed by atoms with E-state index in [1.165, 1.54) is 0 Å². The summed E-state index contributed by atoms with van der Waals surface area (Å²) in [5.41, 5.74) is 0.135. The summed E-state index contributed by atoms with van der Waals surface area (Å²) >= 11 is 0. The van der Waals surface area contributed by atoms with Crippen LogP contribution in [0.1, 0.15) is 36.0 Å². The zero-order valence-electron chi connectivity index (χ0n) is 14.5. The molecule has 3 aliphatic rings. The van der Waals surface area contributed by atoms with E-state index in [4.69, 9.17) is 4.74 Å². The smallest absolute Gasteiger partial charge is 0.255 e. The Kier molecular flexibility index (Phi) is 4.37. The molecular formula is C19H25N3O3. The lowest BCUT2D eigenvalue weighted by Crippen LogP contribution is -2.58. The van der Waals surface area contributed by atoms with Gasteiger partial charge in [-0.2, -0.15) is 0 Å². The van der Waals surface area contributed by atoms with Crippen LogP contribution >= 0.6 is 0 Å². The molecule has 6 nitrogen and oxygen atoms in total. The molecule has 0 saturated carbocycles. The quantitative estimate of drug-likeness (QED) is 0.878. The fourth-order valence-corrected chi connectivity index (χ4v) is 4.16. The van der Waals surface area contributed by atoms with Crippen molar-refractivity contribution in [3.05, 3.63) is 29.8 Å². The van der Waals surface area contributed by atoms with Crippen LogP contribution in [0.25, 0.3) is 0 Å². The molecule has 1 aromatic rings. The van der Waals surface area contributed by atoms with Crippen molar-refractivity contribution in [2.24, 2.45) is 0 Å². The van der Waals surface area contributed by atoms with Gasteiger partial charge in [0.15, 0.2) is 0 Å². The number of hydrogen-bond acceptors (Lipinski definition) is 4. The normalized spacial score (nSPS) is 26.7. The van der Waals surface area contributed by atoms with Crippen LogP contribution in [0.2, 0.25) is 0 Å². The maximum absolute atomic E-state index is 12.5. The predicted molar refractivity (Wildman–Crippen MR) is 93.6 cm³/mol. The average Bonchev–Trinajstić information content (AvgIpc) is 3.11. The first kappa shape index (κ1) is 16.4. The SMILES string of the molecule is O=C1NC[C@]2(CCCN(CC(=O)N3CCCC3)C2)Oc2ccccc21. The first-order chi connectivity index (χ1) is 12.2. The minimum absolute atomic E-state index is 0.0854. The molecular weight excluding hydrogens is 318 g/mol. The van der Waals surface area contributed by atoms with Gasteiger partial charge in [-0.05, 0) is 44.4 Å². The van der Waals surface area contributed by atoms with Crippen LogP contribution in [-0.2, 0) is 4.79 Å². The number of carbonyl (C=O) groups is 2. The number of para-hydroxylation sites is 1. The van der Waals surface area contributed by atoms with Crippen molar-refractivity contribution in [3.63, 3.8) is 0 Å². The summed E-state index contributed by atoms with van der Waals surface area (Å²) in [4.78, 5) is 28.9. The number of nitrogens with zero attached hydrogens (tertiary/aromatic N) is 2.